The van der Waals surface area contributed by atoms with Crippen LogP contribution in [-0.2, 0) is 13.1 Å². The molecule has 1 N–H and O–H groups in total. The fourth-order valence-electron chi connectivity index (χ4n) is 2.12. The maximum Gasteiger partial charge on any atom is 0.161 e. The fraction of sp³-hybridized carbons (Fsp3) is 0.333. The van der Waals surface area contributed by atoms with Crippen LogP contribution in [0.1, 0.15) is 11.3 Å². The van der Waals surface area contributed by atoms with E-state index in [1.165, 1.54) is 11.3 Å². The number of aromatic nitrogens is 1. The number of rotatable bonds is 6. The molecule has 102 valence electrons. The molecule has 4 heteroatoms. The number of hydrogen-bond donors (Lipinski definition) is 1. The van der Waals surface area contributed by atoms with Crippen LogP contribution in [-0.4, -0.2) is 25.8 Å². The smallest absolute Gasteiger partial charge is 0.161 e. The lowest BCUT2D eigenvalue weighted by atomic mass is 10.2. The van der Waals surface area contributed by atoms with Gasteiger partial charge in [0.15, 0.2) is 11.5 Å². The van der Waals surface area contributed by atoms with Crippen molar-refractivity contribution in [3.05, 3.63) is 47.8 Å². The van der Waals surface area contributed by atoms with E-state index in [9.17, 15) is 0 Å². The molecule has 0 saturated heterocycles. The second kappa shape index (κ2) is 6.29. The van der Waals surface area contributed by atoms with Crippen molar-refractivity contribution in [1.29, 1.82) is 0 Å². The maximum absolute atomic E-state index is 5.33. The molecule has 2 aromatic rings. The Morgan fingerprint density at radius 1 is 1.11 bits per heavy atom. The molecular weight excluding hydrogens is 240 g/mol. The third-order valence-corrected chi connectivity index (χ3v) is 3.08. The molecule has 4 nitrogen and oxygen atoms in total. The highest BCUT2D eigenvalue weighted by atomic mass is 16.5. The molecule has 0 aliphatic rings. The van der Waals surface area contributed by atoms with E-state index < -0.39 is 0 Å². The summed E-state index contributed by atoms with van der Waals surface area (Å²) < 4.78 is 12.8. The van der Waals surface area contributed by atoms with Gasteiger partial charge in [-0.15, -0.1) is 0 Å². The van der Waals surface area contributed by atoms with Crippen molar-refractivity contribution in [3.8, 4) is 11.5 Å². The molecule has 0 saturated carbocycles. The van der Waals surface area contributed by atoms with Gasteiger partial charge >= 0.3 is 0 Å². The third-order valence-electron chi connectivity index (χ3n) is 3.08. The SMILES string of the molecule is CNCc1cccn1Cc1ccc(OC)c(OC)c1. The number of methoxy groups -OCH3 is 2. The van der Waals surface area contributed by atoms with Gasteiger partial charge in [-0.3, -0.25) is 0 Å². The van der Waals surface area contributed by atoms with Gasteiger partial charge in [0.2, 0.25) is 0 Å². The van der Waals surface area contributed by atoms with E-state index in [0.717, 1.165) is 24.6 Å². The van der Waals surface area contributed by atoms with Crippen molar-refractivity contribution in [2.75, 3.05) is 21.3 Å². The van der Waals surface area contributed by atoms with Gasteiger partial charge < -0.3 is 19.4 Å². The molecule has 0 unspecified atom stereocenters. The summed E-state index contributed by atoms with van der Waals surface area (Å²) in [6, 6.07) is 10.2. The fourth-order valence-corrected chi connectivity index (χ4v) is 2.12. The van der Waals surface area contributed by atoms with Gasteiger partial charge in [-0.05, 0) is 36.9 Å². The number of nitrogens with zero attached hydrogens (tertiary/aromatic N) is 1. The average Bonchev–Trinajstić information content (AvgIpc) is 2.86. The molecule has 0 aliphatic heterocycles. The summed E-state index contributed by atoms with van der Waals surface area (Å²) in [5.41, 5.74) is 2.45. The number of nitrogens with one attached hydrogen (secondary N) is 1. The molecule has 0 aliphatic carbocycles. The summed E-state index contributed by atoms with van der Waals surface area (Å²) in [6.45, 7) is 1.69. The molecule has 0 amide bonds. The standard InChI is InChI=1S/C15H20N2O2/c1-16-10-13-5-4-8-17(13)11-12-6-7-14(18-2)15(9-12)19-3/h4-9,16H,10-11H2,1-3H3. The zero-order valence-corrected chi connectivity index (χ0v) is 11.6. The van der Waals surface area contributed by atoms with E-state index >= 15 is 0 Å². The third kappa shape index (κ3) is 3.09. The first-order valence-electron chi connectivity index (χ1n) is 6.28. The van der Waals surface area contributed by atoms with Gasteiger partial charge in [-0.1, -0.05) is 6.07 Å². The van der Waals surface area contributed by atoms with Crippen molar-refractivity contribution in [2.24, 2.45) is 0 Å². The predicted octanol–water partition coefficient (Wildman–Crippen LogP) is 2.27. The minimum Gasteiger partial charge on any atom is -0.493 e. The first-order valence-corrected chi connectivity index (χ1v) is 6.28. The van der Waals surface area contributed by atoms with Crippen molar-refractivity contribution < 1.29 is 9.47 Å². The van der Waals surface area contributed by atoms with Crippen LogP contribution in [0.4, 0.5) is 0 Å². The molecule has 1 aromatic carbocycles. The van der Waals surface area contributed by atoms with Gasteiger partial charge in [0.25, 0.3) is 0 Å². The minimum atomic E-state index is 0.759. The number of ether oxygens (including phenoxy) is 2. The Balaban J connectivity index is 2.21. The van der Waals surface area contributed by atoms with Gasteiger partial charge in [-0.25, -0.2) is 0 Å². The van der Waals surface area contributed by atoms with Crippen molar-refractivity contribution in [2.45, 2.75) is 13.1 Å². The molecule has 19 heavy (non-hydrogen) atoms. The average molecular weight is 260 g/mol. The van der Waals surface area contributed by atoms with Crippen molar-refractivity contribution in [3.63, 3.8) is 0 Å². The molecule has 0 fully saturated rings. The first kappa shape index (κ1) is 13.5. The highest BCUT2D eigenvalue weighted by Gasteiger charge is 2.06. The van der Waals surface area contributed by atoms with Crippen molar-refractivity contribution in [1.82, 2.24) is 9.88 Å². The van der Waals surface area contributed by atoms with E-state index in [0.29, 0.717) is 0 Å². The van der Waals surface area contributed by atoms with Crippen LogP contribution in [0.15, 0.2) is 36.5 Å². The quantitative estimate of drug-likeness (QED) is 0.865. The molecule has 0 atom stereocenters. The lowest BCUT2D eigenvalue weighted by Crippen LogP contribution is -2.11. The zero-order chi connectivity index (χ0) is 13.7. The highest BCUT2D eigenvalue weighted by molar-refractivity contribution is 5.43. The molecule has 0 bridgehead atoms. The Hall–Kier alpha value is -1.94. The van der Waals surface area contributed by atoms with E-state index in [1.54, 1.807) is 14.2 Å². The predicted molar refractivity (Wildman–Crippen MR) is 75.8 cm³/mol. The second-order valence-electron chi connectivity index (χ2n) is 4.35. The van der Waals surface area contributed by atoms with E-state index in [-0.39, 0.29) is 0 Å². The summed E-state index contributed by atoms with van der Waals surface area (Å²) in [5, 5.41) is 3.17. The van der Waals surface area contributed by atoms with Crippen LogP contribution in [0.3, 0.4) is 0 Å². The molecule has 1 aromatic heterocycles. The molecule has 1 heterocycles. The Kier molecular flexibility index (Phi) is 4.47. The lowest BCUT2D eigenvalue weighted by Gasteiger charge is -2.12. The summed E-state index contributed by atoms with van der Waals surface area (Å²) in [6.07, 6.45) is 2.09. The van der Waals surface area contributed by atoms with Crippen LogP contribution < -0.4 is 14.8 Å². The van der Waals surface area contributed by atoms with Gasteiger partial charge in [0.1, 0.15) is 0 Å². The molecule has 2 rings (SSSR count). The van der Waals surface area contributed by atoms with Crippen LogP contribution in [0.25, 0.3) is 0 Å². The molecule has 0 radical (unpaired) electrons. The van der Waals surface area contributed by atoms with Gasteiger partial charge in [-0.2, -0.15) is 0 Å². The second-order valence-corrected chi connectivity index (χ2v) is 4.35. The van der Waals surface area contributed by atoms with Crippen molar-refractivity contribution >= 4 is 0 Å². The topological polar surface area (TPSA) is 35.4 Å². The first-order chi connectivity index (χ1) is 9.28. The Bertz CT molecular complexity index is 535. The summed E-state index contributed by atoms with van der Waals surface area (Å²) in [5.74, 6) is 1.52. The minimum absolute atomic E-state index is 0.759. The Labute approximate surface area is 114 Å². The van der Waals surface area contributed by atoms with Crippen LogP contribution >= 0.6 is 0 Å². The van der Waals surface area contributed by atoms with E-state index in [4.69, 9.17) is 9.47 Å². The summed E-state index contributed by atoms with van der Waals surface area (Å²) >= 11 is 0. The monoisotopic (exact) mass is 260 g/mol. The van der Waals surface area contributed by atoms with Crippen LogP contribution in [0.2, 0.25) is 0 Å². The van der Waals surface area contributed by atoms with Gasteiger partial charge in [0, 0.05) is 25.0 Å². The largest absolute Gasteiger partial charge is 0.493 e. The molecule has 0 spiro atoms. The normalized spacial score (nSPS) is 10.5. The molecular formula is C15H20N2O2. The van der Waals surface area contributed by atoms with Crippen LogP contribution in [0, 0.1) is 0 Å². The summed E-state index contributed by atoms with van der Waals surface area (Å²) in [7, 11) is 5.26. The highest BCUT2D eigenvalue weighted by Crippen LogP contribution is 2.28. The summed E-state index contributed by atoms with van der Waals surface area (Å²) in [4.78, 5) is 0. The zero-order valence-electron chi connectivity index (χ0n) is 11.6. The Morgan fingerprint density at radius 2 is 1.89 bits per heavy atom. The van der Waals surface area contributed by atoms with E-state index in [2.05, 4.69) is 34.3 Å². The van der Waals surface area contributed by atoms with E-state index in [1.807, 2.05) is 19.2 Å². The number of benzene rings is 1. The van der Waals surface area contributed by atoms with Gasteiger partial charge in [0.05, 0.1) is 14.2 Å². The van der Waals surface area contributed by atoms with Crippen LogP contribution in [0.5, 0.6) is 11.5 Å². The maximum atomic E-state index is 5.33. The lowest BCUT2D eigenvalue weighted by molar-refractivity contribution is 0.354. The number of hydrogen-bond acceptors (Lipinski definition) is 3. The Morgan fingerprint density at radius 3 is 2.58 bits per heavy atom.